The van der Waals surface area contributed by atoms with Crippen LogP contribution in [0.25, 0.3) is 0 Å². The summed E-state index contributed by atoms with van der Waals surface area (Å²) in [5.74, 6) is 0.644. The second-order valence-corrected chi connectivity index (χ2v) is 6.24. The highest BCUT2D eigenvalue weighted by Crippen LogP contribution is 2.22. The van der Waals surface area contributed by atoms with Crippen LogP contribution in [0.5, 0.6) is 0 Å². The van der Waals surface area contributed by atoms with E-state index in [-0.39, 0.29) is 36.6 Å². The number of morpholine rings is 1. The summed E-state index contributed by atoms with van der Waals surface area (Å²) >= 11 is 0. The highest BCUT2D eigenvalue weighted by atomic mass is 35.5. The van der Waals surface area contributed by atoms with Gasteiger partial charge in [-0.05, 0) is 30.6 Å². The van der Waals surface area contributed by atoms with Crippen molar-refractivity contribution in [2.75, 3.05) is 44.7 Å². The van der Waals surface area contributed by atoms with Gasteiger partial charge in [-0.25, -0.2) is 0 Å². The summed E-state index contributed by atoms with van der Waals surface area (Å²) in [6.07, 6.45) is 0. The molecule has 2 heterocycles. The Kier molecular flexibility index (Phi) is 9.02. The monoisotopic (exact) mass is 375 g/mol. The van der Waals surface area contributed by atoms with Gasteiger partial charge in [-0.2, -0.15) is 0 Å². The fourth-order valence-electron chi connectivity index (χ4n) is 2.91. The number of anilines is 1. The van der Waals surface area contributed by atoms with Crippen LogP contribution in [0.4, 0.5) is 5.69 Å². The summed E-state index contributed by atoms with van der Waals surface area (Å²) in [5.41, 5.74) is 2.12. The molecule has 2 saturated heterocycles. The van der Waals surface area contributed by atoms with E-state index in [4.69, 9.17) is 4.74 Å². The van der Waals surface area contributed by atoms with E-state index in [1.165, 1.54) is 5.56 Å². The van der Waals surface area contributed by atoms with Crippen LogP contribution < -0.4 is 10.6 Å². The molecule has 0 radical (unpaired) electrons. The summed E-state index contributed by atoms with van der Waals surface area (Å²) in [5, 5.41) is 6.35. The zero-order valence-corrected chi connectivity index (χ0v) is 15.6. The van der Waals surface area contributed by atoms with Gasteiger partial charge >= 0.3 is 0 Å². The van der Waals surface area contributed by atoms with Gasteiger partial charge in [0.25, 0.3) is 0 Å². The van der Waals surface area contributed by atoms with Gasteiger partial charge in [0.1, 0.15) is 0 Å². The van der Waals surface area contributed by atoms with Crippen molar-refractivity contribution in [2.45, 2.75) is 13.5 Å². The SMILES string of the molecule is CC(C(=O)Nc1ccccc1CN1CCOCC1)C1CNC1.Cl.Cl. The molecule has 0 aliphatic carbocycles. The van der Waals surface area contributed by atoms with Gasteiger partial charge in [0.15, 0.2) is 0 Å². The van der Waals surface area contributed by atoms with E-state index in [2.05, 4.69) is 21.6 Å². The van der Waals surface area contributed by atoms with Gasteiger partial charge in [-0.3, -0.25) is 9.69 Å². The predicted molar refractivity (Wildman–Crippen MR) is 101 cm³/mol. The number of carbonyl (C=O) groups is 1. The lowest BCUT2D eigenvalue weighted by atomic mass is 9.88. The third kappa shape index (κ3) is 5.33. The molecular formula is C17H27Cl2N3O2. The smallest absolute Gasteiger partial charge is 0.227 e. The van der Waals surface area contributed by atoms with Gasteiger partial charge in [0.2, 0.25) is 5.91 Å². The lowest BCUT2D eigenvalue weighted by Crippen LogP contribution is -2.48. The fourth-order valence-corrected chi connectivity index (χ4v) is 2.91. The Hall–Kier alpha value is -0.850. The average Bonchev–Trinajstić information content (AvgIpc) is 2.48. The fraction of sp³-hybridized carbons (Fsp3) is 0.588. The summed E-state index contributed by atoms with van der Waals surface area (Å²) < 4.78 is 5.39. The van der Waals surface area contributed by atoms with Crippen molar-refractivity contribution in [3.63, 3.8) is 0 Å². The van der Waals surface area contributed by atoms with Crippen LogP contribution in [-0.4, -0.2) is 50.2 Å². The number of rotatable bonds is 5. The van der Waals surface area contributed by atoms with Gasteiger partial charge in [-0.1, -0.05) is 25.1 Å². The molecule has 1 aromatic rings. The molecule has 0 saturated carbocycles. The number of hydrogen-bond acceptors (Lipinski definition) is 4. The van der Waals surface area contributed by atoms with E-state index >= 15 is 0 Å². The van der Waals surface area contributed by atoms with E-state index in [0.717, 1.165) is 51.6 Å². The van der Waals surface area contributed by atoms with Crippen molar-refractivity contribution in [3.05, 3.63) is 29.8 Å². The van der Waals surface area contributed by atoms with Crippen LogP contribution in [0.1, 0.15) is 12.5 Å². The Morgan fingerprint density at radius 2 is 1.96 bits per heavy atom. The van der Waals surface area contributed by atoms with E-state index < -0.39 is 0 Å². The lowest BCUT2D eigenvalue weighted by Gasteiger charge is -2.32. The molecule has 2 N–H and O–H groups in total. The maximum absolute atomic E-state index is 12.4. The number of para-hydroxylation sites is 1. The van der Waals surface area contributed by atoms with Gasteiger partial charge in [0, 0.05) is 31.2 Å². The summed E-state index contributed by atoms with van der Waals surface area (Å²) in [4.78, 5) is 14.8. The first kappa shape index (κ1) is 21.2. The standard InChI is InChI=1S/C17H25N3O2.2ClH/c1-13(15-10-18-11-15)17(21)19-16-5-3-2-4-14(16)12-20-6-8-22-9-7-20;;/h2-5,13,15,18H,6-12H2,1H3,(H,19,21);2*1H. The van der Waals surface area contributed by atoms with Gasteiger partial charge in [-0.15, -0.1) is 24.8 Å². The summed E-state index contributed by atoms with van der Waals surface area (Å²) in [6, 6.07) is 8.11. The third-order valence-electron chi connectivity index (χ3n) is 4.71. The summed E-state index contributed by atoms with van der Waals surface area (Å²) in [7, 11) is 0. The minimum atomic E-state index is 0. The highest BCUT2D eigenvalue weighted by molar-refractivity contribution is 5.93. The van der Waals surface area contributed by atoms with Crippen LogP contribution in [0.2, 0.25) is 0 Å². The van der Waals surface area contributed by atoms with E-state index in [0.29, 0.717) is 5.92 Å². The molecule has 0 aromatic heterocycles. The van der Waals surface area contributed by atoms with Crippen molar-refractivity contribution in [1.82, 2.24) is 10.2 Å². The predicted octanol–water partition coefficient (Wildman–Crippen LogP) is 2.16. The lowest BCUT2D eigenvalue weighted by molar-refractivity contribution is -0.121. The molecule has 3 rings (SSSR count). The Morgan fingerprint density at radius 3 is 2.58 bits per heavy atom. The van der Waals surface area contributed by atoms with Crippen molar-refractivity contribution in [3.8, 4) is 0 Å². The Bertz CT molecular complexity index is 520. The quantitative estimate of drug-likeness (QED) is 0.827. The first-order chi connectivity index (χ1) is 10.7. The zero-order chi connectivity index (χ0) is 15.4. The second kappa shape index (κ2) is 10.2. The molecule has 1 atom stereocenters. The molecule has 0 bridgehead atoms. The summed E-state index contributed by atoms with van der Waals surface area (Å²) in [6.45, 7) is 8.26. The highest BCUT2D eigenvalue weighted by Gasteiger charge is 2.29. The van der Waals surface area contributed by atoms with E-state index in [9.17, 15) is 4.79 Å². The number of amides is 1. The van der Waals surface area contributed by atoms with Crippen LogP contribution >= 0.6 is 24.8 Å². The molecule has 1 unspecified atom stereocenters. The van der Waals surface area contributed by atoms with Gasteiger partial charge in [0.05, 0.1) is 13.2 Å². The number of halogens is 2. The maximum atomic E-state index is 12.4. The van der Waals surface area contributed by atoms with Crippen LogP contribution in [0.15, 0.2) is 24.3 Å². The minimum Gasteiger partial charge on any atom is -0.379 e. The van der Waals surface area contributed by atoms with Crippen molar-refractivity contribution >= 4 is 36.4 Å². The molecular weight excluding hydrogens is 349 g/mol. The first-order valence-electron chi connectivity index (χ1n) is 8.13. The number of hydrogen-bond donors (Lipinski definition) is 2. The van der Waals surface area contributed by atoms with Crippen molar-refractivity contribution in [1.29, 1.82) is 0 Å². The molecule has 7 heteroatoms. The first-order valence-corrected chi connectivity index (χ1v) is 8.13. The molecule has 136 valence electrons. The molecule has 0 spiro atoms. The molecule has 2 fully saturated rings. The molecule has 2 aliphatic rings. The molecule has 5 nitrogen and oxygen atoms in total. The van der Waals surface area contributed by atoms with Crippen molar-refractivity contribution in [2.24, 2.45) is 11.8 Å². The molecule has 24 heavy (non-hydrogen) atoms. The Balaban J connectivity index is 0.00000144. The van der Waals surface area contributed by atoms with Crippen LogP contribution in [0.3, 0.4) is 0 Å². The van der Waals surface area contributed by atoms with Crippen molar-refractivity contribution < 1.29 is 9.53 Å². The van der Waals surface area contributed by atoms with E-state index in [1.807, 2.05) is 25.1 Å². The Morgan fingerprint density at radius 1 is 1.29 bits per heavy atom. The molecule has 2 aliphatic heterocycles. The molecule has 1 aromatic carbocycles. The Labute approximate surface area is 156 Å². The normalized spacial score (nSPS) is 19.4. The van der Waals surface area contributed by atoms with Crippen LogP contribution in [-0.2, 0) is 16.1 Å². The number of carbonyl (C=O) groups excluding carboxylic acids is 1. The average molecular weight is 376 g/mol. The molecule has 1 amide bonds. The number of nitrogens with zero attached hydrogens (tertiary/aromatic N) is 1. The van der Waals surface area contributed by atoms with Crippen LogP contribution in [0, 0.1) is 11.8 Å². The topological polar surface area (TPSA) is 53.6 Å². The number of nitrogens with one attached hydrogen (secondary N) is 2. The largest absolute Gasteiger partial charge is 0.379 e. The minimum absolute atomic E-state index is 0. The zero-order valence-electron chi connectivity index (χ0n) is 14.0. The number of ether oxygens (including phenoxy) is 1. The van der Waals surface area contributed by atoms with E-state index in [1.54, 1.807) is 0 Å². The number of benzene rings is 1. The van der Waals surface area contributed by atoms with Gasteiger partial charge < -0.3 is 15.4 Å². The second-order valence-electron chi connectivity index (χ2n) is 6.24. The third-order valence-corrected chi connectivity index (χ3v) is 4.71. The maximum Gasteiger partial charge on any atom is 0.227 e.